The van der Waals surface area contributed by atoms with Gasteiger partial charge in [-0.05, 0) is 55.4 Å². The van der Waals surface area contributed by atoms with Crippen LogP contribution in [0, 0.1) is 6.92 Å². The Bertz CT molecular complexity index is 809. The minimum atomic E-state index is 1.12. The lowest BCUT2D eigenvalue weighted by Crippen LogP contribution is -2.44. The van der Waals surface area contributed by atoms with E-state index in [1.165, 1.54) is 33.4 Å². The standard InChI is InChI=1S/C20H23N3/c1-15-13-18-14-17(5-8-20(18)21-15)16-3-6-19(7-4-16)23-11-9-22(2)10-12-23/h3-8,13-14,21H,9-12H2,1-2H3. The Labute approximate surface area is 137 Å². The predicted octanol–water partition coefficient (Wildman–Crippen LogP) is 3.90. The van der Waals surface area contributed by atoms with E-state index in [1.807, 2.05) is 0 Å². The molecular formula is C20H23N3. The van der Waals surface area contributed by atoms with Crippen LogP contribution in [0.1, 0.15) is 5.69 Å². The molecule has 0 aliphatic carbocycles. The van der Waals surface area contributed by atoms with E-state index in [1.54, 1.807) is 0 Å². The smallest absolute Gasteiger partial charge is 0.0456 e. The Morgan fingerprint density at radius 2 is 1.52 bits per heavy atom. The third kappa shape index (κ3) is 2.84. The average Bonchev–Trinajstić information content (AvgIpc) is 2.95. The van der Waals surface area contributed by atoms with Crippen molar-refractivity contribution in [2.24, 2.45) is 0 Å². The number of H-pyrrole nitrogens is 1. The summed E-state index contributed by atoms with van der Waals surface area (Å²) in [6.07, 6.45) is 0. The number of aromatic nitrogens is 1. The van der Waals surface area contributed by atoms with Gasteiger partial charge in [-0.15, -0.1) is 0 Å². The third-order valence-corrected chi connectivity index (χ3v) is 4.82. The predicted molar refractivity (Wildman–Crippen MR) is 98.2 cm³/mol. The van der Waals surface area contributed by atoms with E-state index in [2.05, 4.69) is 77.3 Å². The van der Waals surface area contributed by atoms with E-state index in [0.717, 1.165) is 26.2 Å². The van der Waals surface area contributed by atoms with Crippen molar-refractivity contribution < 1.29 is 0 Å². The molecule has 1 fully saturated rings. The summed E-state index contributed by atoms with van der Waals surface area (Å²) in [5.74, 6) is 0. The molecule has 118 valence electrons. The first kappa shape index (κ1) is 14.3. The van der Waals surface area contributed by atoms with Crippen molar-refractivity contribution in [3.8, 4) is 11.1 Å². The van der Waals surface area contributed by atoms with Crippen LogP contribution in [0.25, 0.3) is 22.0 Å². The quantitative estimate of drug-likeness (QED) is 0.776. The van der Waals surface area contributed by atoms with E-state index < -0.39 is 0 Å². The van der Waals surface area contributed by atoms with E-state index in [-0.39, 0.29) is 0 Å². The molecular weight excluding hydrogens is 282 g/mol. The minimum absolute atomic E-state index is 1.12. The second-order valence-electron chi connectivity index (χ2n) is 6.59. The maximum Gasteiger partial charge on any atom is 0.0456 e. The van der Waals surface area contributed by atoms with Gasteiger partial charge in [0.25, 0.3) is 0 Å². The summed E-state index contributed by atoms with van der Waals surface area (Å²) in [7, 11) is 2.19. The maximum absolute atomic E-state index is 3.38. The highest BCUT2D eigenvalue weighted by Crippen LogP contribution is 2.27. The second-order valence-corrected chi connectivity index (χ2v) is 6.59. The zero-order valence-corrected chi connectivity index (χ0v) is 13.8. The molecule has 1 aromatic heterocycles. The number of anilines is 1. The number of hydrogen-bond acceptors (Lipinski definition) is 2. The molecule has 3 nitrogen and oxygen atoms in total. The number of fused-ring (bicyclic) bond motifs is 1. The SMILES string of the molecule is Cc1cc2cc(-c3ccc(N4CCN(C)CC4)cc3)ccc2[nH]1. The normalized spacial score (nSPS) is 16.2. The molecule has 3 heteroatoms. The third-order valence-electron chi connectivity index (χ3n) is 4.82. The zero-order chi connectivity index (χ0) is 15.8. The number of rotatable bonds is 2. The van der Waals surface area contributed by atoms with Crippen LogP contribution in [0.3, 0.4) is 0 Å². The van der Waals surface area contributed by atoms with Crippen molar-refractivity contribution in [1.29, 1.82) is 0 Å². The summed E-state index contributed by atoms with van der Waals surface area (Å²) < 4.78 is 0. The fraction of sp³-hybridized carbons (Fsp3) is 0.300. The van der Waals surface area contributed by atoms with Gasteiger partial charge >= 0.3 is 0 Å². The number of aromatic amines is 1. The van der Waals surface area contributed by atoms with E-state index in [0.29, 0.717) is 0 Å². The number of benzene rings is 2. The van der Waals surface area contributed by atoms with Crippen molar-refractivity contribution in [2.75, 3.05) is 38.1 Å². The van der Waals surface area contributed by atoms with E-state index in [9.17, 15) is 0 Å². The molecule has 4 rings (SSSR count). The van der Waals surface area contributed by atoms with Crippen molar-refractivity contribution >= 4 is 16.6 Å². The largest absolute Gasteiger partial charge is 0.369 e. The number of piperazine rings is 1. The van der Waals surface area contributed by atoms with Crippen molar-refractivity contribution in [3.05, 3.63) is 54.2 Å². The van der Waals surface area contributed by atoms with Gasteiger partial charge in [-0.3, -0.25) is 0 Å². The Balaban J connectivity index is 1.59. The van der Waals surface area contributed by atoms with Crippen LogP contribution in [0.5, 0.6) is 0 Å². The number of likely N-dealkylation sites (N-methyl/N-ethyl adjacent to an activating group) is 1. The summed E-state index contributed by atoms with van der Waals surface area (Å²) in [6.45, 7) is 6.62. The maximum atomic E-state index is 3.38. The molecule has 1 saturated heterocycles. The first-order valence-corrected chi connectivity index (χ1v) is 8.32. The Hall–Kier alpha value is -2.26. The molecule has 3 aromatic rings. The van der Waals surface area contributed by atoms with Crippen molar-refractivity contribution in [1.82, 2.24) is 9.88 Å². The highest BCUT2D eigenvalue weighted by Gasteiger charge is 2.14. The molecule has 0 atom stereocenters. The Morgan fingerprint density at radius 1 is 0.826 bits per heavy atom. The van der Waals surface area contributed by atoms with Crippen LogP contribution in [-0.2, 0) is 0 Å². The lowest BCUT2D eigenvalue weighted by Gasteiger charge is -2.34. The summed E-state index contributed by atoms with van der Waals surface area (Å²) in [5, 5.41) is 1.28. The van der Waals surface area contributed by atoms with E-state index in [4.69, 9.17) is 0 Å². The van der Waals surface area contributed by atoms with Gasteiger partial charge in [-0.25, -0.2) is 0 Å². The summed E-state index contributed by atoms with van der Waals surface area (Å²) >= 11 is 0. The molecule has 1 aliphatic rings. The van der Waals surface area contributed by atoms with Crippen molar-refractivity contribution in [2.45, 2.75) is 6.92 Å². The molecule has 1 aliphatic heterocycles. The van der Waals surface area contributed by atoms with Gasteiger partial charge in [0.15, 0.2) is 0 Å². The monoisotopic (exact) mass is 305 g/mol. The van der Waals surface area contributed by atoms with Gasteiger partial charge in [0, 0.05) is 48.5 Å². The fourth-order valence-electron chi connectivity index (χ4n) is 3.39. The number of aryl methyl sites for hydroxylation is 1. The van der Waals surface area contributed by atoms with Gasteiger partial charge in [0.2, 0.25) is 0 Å². The highest BCUT2D eigenvalue weighted by molar-refractivity contribution is 5.86. The highest BCUT2D eigenvalue weighted by atomic mass is 15.2. The zero-order valence-electron chi connectivity index (χ0n) is 13.8. The lowest BCUT2D eigenvalue weighted by molar-refractivity contribution is 0.313. The Kier molecular flexibility index (Phi) is 3.58. The van der Waals surface area contributed by atoms with Crippen LogP contribution >= 0.6 is 0 Å². The second kappa shape index (κ2) is 5.74. The first-order chi connectivity index (χ1) is 11.2. The number of hydrogen-bond donors (Lipinski definition) is 1. The van der Waals surface area contributed by atoms with Gasteiger partial charge in [-0.2, -0.15) is 0 Å². The topological polar surface area (TPSA) is 22.3 Å². The van der Waals surface area contributed by atoms with Gasteiger partial charge in [0.1, 0.15) is 0 Å². The molecule has 23 heavy (non-hydrogen) atoms. The van der Waals surface area contributed by atoms with Crippen LogP contribution in [0.2, 0.25) is 0 Å². The molecule has 2 aromatic carbocycles. The number of nitrogens with zero attached hydrogens (tertiary/aromatic N) is 2. The summed E-state index contributed by atoms with van der Waals surface area (Å²) in [5.41, 5.74) is 6.31. The molecule has 0 unspecified atom stereocenters. The lowest BCUT2D eigenvalue weighted by atomic mass is 10.0. The molecule has 0 amide bonds. The molecule has 0 spiro atoms. The number of nitrogens with one attached hydrogen (secondary N) is 1. The fourth-order valence-corrected chi connectivity index (χ4v) is 3.39. The molecule has 0 radical (unpaired) electrons. The van der Waals surface area contributed by atoms with Crippen LogP contribution in [0.4, 0.5) is 5.69 Å². The summed E-state index contributed by atoms with van der Waals surface area (Å²) in [4.78, 5) is 8.24. The van der Waals surface area contributed by atoms with Crippen LogP contribution < -0.4 is 4.90 Å². The Morgan fingerprint density at radius 3 is 2.26 bits per heavy atom. The average molecular weight is 305 g/mol. The van der Waals surface area contributed by atoms with Gasteiger partial charge in [-0.1, -0.05) is 18.2 Å². The molecule has 1 N–H and O–H groups in total. The van der Waals surface area contributed by atoms with Gasteiger partial charge in [0.05, 0.1) is 0 Å². The van der Waals surface area contributed by atoms with Crippen LogP contribution in [0.15, 0.2) is 48.5 Å². The molecule has 0 bridgehead atoms. The molecule has 0 saturated carbocycles. The first-order valence-electron chi connectivity index (χ1n) is 8.32. The molecule has 2 heterocycles. The van der Waals surface area contributed by atoms with Crippen LogP contribution in [-0.4, -0.2) is 43.1 Å². The minimum Gasteiger partial charge on any atom is -0.369 e. The van der Waals surface area contributed by atoms with Gasteiger partial charge < -0.3 is 14.8 Å². The van der Waals surface area contributed by atoms with Crippen molar-refractivity contribution in [3.63, 3.8) is 0 Å². The van der Waals surface area contributed by atoms with E-state index >= 15 is 0 Å². The summed E-state index contributed by atoms with van der Waals surface area (Å²) in [6, 6.07) is 17.8.